The Morgan fingerprint density at radius 1 is 1.23 bits per heavy atom. The molecule has 0 saturated carbocycles. The molecule has 3 aromatic rings. The largest absolute Gasteiger partial charge is 0.496 e. The summed E-state index contributed by atoms with van der Waals surface area (Å²) in [5.41, 5.74) is 6.67. The van der Waals surface area contributed by atoms with Crippen molar-refractivity contribution in [3.8, 4) is 5.75 Å². The van der Waals surface area contributed by atoms with Crippen LogP contribution >= 0.6 is 22.7 Å². The quantitative estimate of drug-likeness (QED) is 0.368. The van der Waals surface area contributed by atoms with E-state index in [-0.39, 0.29) is 11.9 Å². The summed E-state index contributed by atoms with van der Waals surface area (Å²) < 4.78 is 9.80. The number of methoxy groups -OCH3 is 2. The third-order valence-corrected chi connectivity index (χ3v) is 7.04. The second-order valence-electron chi connectivity index (χ2n) is 8.79. The summed E-state index contributed by atoms with van der Waals surface area (Å²) in [6.07, 6.45) is 6.99. The zero-order valence-corrected chi connectivity index (χ0v) is 23.5. The molecule has 1 saturated heterocycles. The number of unbranched alkanes of at least 4 members (excludes halogenated alkanes) is 1. The zero-order valence-electron chi connectivity index (χ0n) is 21.8. The maximum atomic E-state index is 13.2. The summed E-state index contributed by atoms with van der Waals surface area (Å²) in [6.45, 7) is 7.25. The van der Waals surface area contributed by atoms with E-state index < -0.39 is 0 Å². The molecule has 2 aromatic heterocycles. The van der Waals surface area contributed by atoms with Crippen LogP contribution in [0.25, 0.3) is 0 Å². The SMILES string of the molecule is CCCCc1ccc(C(=O)N2CC(C)CC2Cc2cscn2)cc1OC.COC.Cc1cncs1. The summed E-state index contributed by atoms with van der Waals surface area (Å²) in [4.78, 5) is 24.7. The van der Waals surface area contributed by atoms with Gasteiger partial charge in [0.15, 0.2) is 0 Å². The van der Waals surface area contributed by atoms with Crippen LogP contribution in [0.4, 0.5) is 0 Å². The lowest BCUT2D eigenvalue weighted by Gasteiger charge is -2.24. The topological polar surface area (TPSA) is 64.6 Å². The van der Waals surface area contributed by atoms with Gasteiger partial charge in [0.25, 0.3) is 5.91 Å². The molecule has 2 unspecified atom stereocenters. The molecule has 35 heavy (non-hydrogen) atoms. The standard InChI is InChI=1S/C21H28N2O2S.C4H5NS.C2H6O/c1-4-5-6-16-7-8-17(10-20(16)25-3)21(24)23-12-15(2)9-19(23)11-18-13-26-14-22-18;1-4-2-5-3-6-4;1-3-2/h7-8,10,13-15,19H,4-6,9,11-12H2,1-3H3;2-3H,1H3;1-2H3. The molecule has 0 spiro atoms. The predicted octanol–water partition coefficient (Wildman–Crippen LogP) is 6.30. The maximum absolute atomic E-state index is 13.2. The van der Waals surface area contributed by atoms with E-state index in [4.69, 9.17) is 4.74 Å². The van der Waals surface area contributed by atoms with Crippen LogP contribution in [0.5, 0.6) is 5.75 Å². The summed E-state index contributed by atoms with van der Waals surface area (Å²) in [5, 5.41) is 2.08. The van der Waals surface area contributed by atoms with Crippen LogP contribution in [0.15, 0.2) is 40.8 Å². The Morgan fingerprint density at radius 2 is 2.00 bits per heavy atom. The summed E-state index contributed by atoms with van der Waals surface area (Å²) in [6, 6.07) is 6.15. The van der Waals surface area contributed by atoms with Crippen LogP contribution in [0.1, 0.15) is 59.6 Å². The van der Waals surface area contributed by atoms with E-state index in [1.807, 2.05) is 41.2 Å². The van der Waals surface area contributed by atoms with E-state index in [1.54, 1.807) is 44.0 Å². The summed E-state index contributed by atoms with van der Waals surface area (Å²) in [7, 11) is 4.93. The molecule has 0 bridgehead atoms. The Balaban J connectivity index is 0.000000406. The molecule has 1 fully saturated rings. The van der Waals surface area contributed by atoms with Gasteiger partial charge in [-0.25, -0.2) is 4.98 Å². The van der Waals surface area contributed by atoms with Gasteiger partial charge in [0.1, 0.15) is 5.75 Å². The molecule has 0 radical (unpaired) electrons. The van der Waals surface area contributed by atoms with Crippen LogP contribution in [-0.4, -0.2) is 54.7 Å². The fraction of sp³-hybridized carbons (Fsp3) is 0.519. The second kappa shape index (κ2) is 15.7. The van der Waals surface area contributed by atoms with Crippen molar-refractivity contribution in [1.29, 1.82) is 0 Å². The molecule has 0 N–H and O–H groups in total. The molecule has 192 valence electrons. The third kappa shape index (κ3) is 9.35. The first-order valence-electron chi connectivity index (χ1n) is 12.0. The highest BCUT2D eigenvalue weighted by molar-refractivity contribution is 7.09. The van der Waals surface area contributed by atoms with Crippen molar-refractivity contribution in [2.75, 3.05) is 27.9 Å². The molecule has 0 aliphatic carbocycles. The van der Waals surface area contributed by atoms with Gasteiger partial charge in [-0.3, -0.25) is 9.78 Å². The van der Waals surface area contributed by atoms with Crippen LogP contribution in [0.2, 0.25) is 0 Å². The van der Waals surface area contributed by atoms with E-state index in [0.29, 0.717) is 5.92 Å². The minimum atomic E-state index is 0.106. The normalized spacial score (nSPS) is 16.7. The Hall–Kier alpha value is -2.29. The van der Waals surface area contributed by atoms with E-state index >= 15 is 0 Å². The van der Waals surface area contributed by atoms with Crippen LogP contribution in [0.3, 0.4) is 0 Å². The minimum absolute atomic E-state index is 0.106. The van der Waals surface area contributed by atoms with Crippen LogP contribution < -0.4 is 4.74 Å². The van der Waals surface area contributed by atoms with Crippen molar-refractivity contribution < 1.29 is 14.3 Å². The highest BCUT2D eigenvalue weighted by Crippen LogP contribution is 2.29. The molecular weight excluding hydrogens is 478 g/mol. The molecule has 8 heteroatoms. The lowest BCUT2D eigenvalue weighted by molar-refractivity contribution is 0.0732. The molecular formula is C27H39N3O3S2. The number of carbonyl (C=O) groups excluding carboxylic acids is 1. The minimum Gasteiger partial charge on any atom is -0.496 e. The predicted molar refractivity (Wildman–Crippen MR) is 146 cm³/mol. The monoisotopic (exact) mass is 517 g/mol. The van der Waals surface area contributed by atoms with E-state index in [0.717, 1.165) is 55.7 Å². The molecule has 1 aliphatic heterocycles. The number of amides is 1. The van der Waals surface area contributed by atoms with Gasteiger partial charge in [0.2, 0.25) is 0 Å². The Morgan fingerprint density at radius 3 is 2.54 bits per heavy atom. The Bertz CT molecular complexity index is 978. The zero-order chi connectivity index (χ0) is 25.6. The molecule has 3 heterocycles. The number of nitrogens with zero attached hydrogens (tertiary/aromatic N) is 3. The molecule has 6 nitrogen and oxygen atoms in total. The first kappa shape index (κ1) is 28.9. The number of benzene rings is 1. The smallest absolute Gasteiger partial charge is 0.254 e. The summed E-state index contributed by atoms with van der Waals surface area (Å²) in [5.74, 6) is 1.45. The first-order chi connectivity index (χ1) is 16.9. The average molecular weight is 518 g/mol. The van der Waals surface area contributed by atoms with Crippen molar-refractivity contribution in [2.24, 2.45) is 5.92 Å². The van der Waals surface area contributed by atoms with Gasteiger partial charge in [-0.2, -0.15) is 0 Å². The van der Waals surface area contributed by atoms with Crippen molar-refractivity contribution in [2.45, 2.75) is 58.9 Å². The van der Waals surface area contributed by atoms with Gasteiger partial charge < -0.3 is 14.4 Å². The number of hydrogen-bond acceptors (Lipinski definition) is 7. The van der Waals surface area contributed by atoms with Crippen LogP contribution in [0, 0.1) is 12.8 Å². The fourth-order valence-corrected chi connectivity index (χ4v) is 5.05. The Labute approximate surface area is 218 Å². The van der Waals surface area contributed by atoms with Gasteiger partial charge >= 0.3 is 0 Å². The van der Waals surface area contributed by atoms with Gasteiger partial charge in [-0.15, -0.1) is 22.7 Å². The maximum Gasteiger partial charge on any atom is 0.254 e. The number of ether oxygens (including phenoxy) is 2. The van der Waals surface area contributed by atoms with E-state index in [2.05, 4.69) is 40.0 Å². The number of hydrogen-bond donors (Lipinski definition) is 0. The molecule has 4 rings (SSSR count). The lowest BCUT2D eigenvalue weighted by Crippen LogP contribution is -2.37. The number of thiazole rings is 2. The van der Waals surface area contributed by atoms with Gasteiger partial charge in [0.05, 0.1) is 23.8 Å². The van der Waals surface area contributed by atoms with Crippen molar-refractivity contribution in [1.82, 2.24) is 14.9 Å². The second-order valence-corrected chi connectivity index (χ2v) is 10.6. The molecule has 1 aromatic carbocycles. The number of likely N-dealkylation sites (tertiary alicyclic amines) is 1. The van der Waals surface area contributed by atoms with Gasteiger partial charge in [0, 0.05) is 55.2 Å². The van der Waals surface area contributed by atoms with Crippen molar-refractivity contribution in [3.63, 3.8) is 0 Å². The molecule has 1 amide bonds. The average Bonchev–Trinajstić information content (AvgIpc) is 3.62. The highest BCUT2D eigenvalue weighted by Gasteiger charge is 2.34. The first-order valence-corrected chi connectivity index (χ1v) is 13.9. The number of carbonyl (C=O) groups is 1. The Kier molecular flexibility index (Phi) is 12.9. The van der Waals surface area contributed by atoms with E-state index in [1.165, 1.54) is 10.4 Å². The number of rotatable bonds is 7. The third-order valence-electron chi connectivity index (χ3n) is 5.70. The van der Waals surface area contributed by atoms with Gasteiger partial charge in [-0.1, -0.05) is 26.3 Å². The highest BCUT2D eigenvalue weighted by atomic mass is 32.1. The van der Waals surface area contributed by atoms with E-state index in [9.17, 15) is 4.79 Å². The fourth-order valence-electron chi connectivity index (χ4n) is 4.07. The molecule has 2 atom stereocenters. The van der Waals surface area contributed by atoms with Crippen LogP contribution in [-0.2, 0) is 17.6 Å². The summed E-state index contributed by atoms with van der Waals surface area (Å²) >= 11 is 3.28. The molecule has 1 aliphatic rings. The number of aromatic nitrogens is 2. The van der Waals surface area contributed by atoms with Crippen molar-refractivity contribution >= 4 is 28.6 Å². The lowest BCUT2D eigenvalue weighted by atomic mass is 10.0. The van der Waals surface area contributed by atoms with Gasteiger partial charge in [-0.05, 0) is 49.8 Å². The van der Waals surface area contributed by atoms with Crippen molar-refractivity contribution in [3.05, 3.63) is 62.5 Å². The number of aryl methyl sites for hydroxylation is 2.